The molecule has 0 aliphatic carbocycles. The Kier molecular flexibility index (Phi) is 2.23. The standard InChI is InChI=1S/C12H14N2O/c1-8-4-6-10(7-5-8)11-9(2)12(15)13-14(11)3/h4-7H,1-3H3,(H,13,15). The van der Waals surface area contributed by atoms with Crippen LogP contribution in [0.2, 0.25) is 0 Å². The lowest BCUT2D eigenvalue weighted by Crippen LogP contribution is -1.94. The van der Waals surface area contributed by atoms with Gasteiger partial charge in [0.25, 0.3) is 0 Å². The van der Waals surface area contributed by atoms with Crippen molar-refractivity contribution in [2.45, 2.75) is 13.8 Å². The molecule has 0 aliphatic rings. The van der Waals surface area contributed by atoms with E-state index >= 15 is 0 Å². The molecule has 0 spiro atoms. The Morgan fingerprint density at radius 2 is 1.73 bits per heavy atom. The summed E-state index contributed by atoms with van der Waals surface area (Å²) in [7, 11) is 1.84. The van der Waals surface area contributed by atoms with Crippen LogP contribution in [0.15, 0.2) is 24.3 Å². The van der Waals surface area contributed by atoms with Gasteiger partial charge in [-0.3, -0.25) is 4.68 Å². The highest BCUT2D eigenvalue weighted by Gasteiger charge is 2.12. The molecule has 1 N–H and O–H groups in total. The highest BCUT2D eigenvalue weighted by Crippen LogP contribution is 2.28. The van der Waals surface area contributed by atoms with E-state index in [1.165, 1.54) is 5.56 Å². The number of hydrogen-bond acceptors (Lipinski definition) is 2. The monoisotopic (exact) mass is 202 g/mol. The Morgan fingerprint density at radius 1 is 1.13 bits per heavy atom. The first-order valence-corrected chi connectivity index (χ1v) is 4.89. The summed E-state index contributed by atoms with van der Waals surface area (Å²) in [5.74, 6) is 0.105. The van der Waals surface area contributed by atoms with Gasteiger partial charge in [0, 0.05) is 18.2 Å². The van der Waals surface area contributed by atoms with Gasteiger partial charge in [-0.15, -0.1) is 5.10 Å². The molecular formula is C12H14N2O. The second kappa shape index (κ2) is 3.42. The lowest BCUT2D eigenvalue weighted by atomic mass is 10.1. The summed E-state index contributed by atoms with van der Waals surface area (Å²) in [4.78, 5) is 0. The topological polar surface area (TPSA) is 38.1 Å². The predicted octanol–water partition coefficient (Wildman–Crippen LogP) is 2.41. The van der Waals surface area contributed by atoms with Gasteiger partial charge < -0.3 is 5.11 Å². The fourth-order valence-electron chi connectivity index (χ4n) is 1.73. The maximum Gasteiger partial charge on any atom is 0.233 e. The van der Waals surface area contributed by atoms with Crippen molar-refractivity contribution >= 4 is 0 Å². The molecule has 0 amide bonds. The normalized spacial score (nSPS) is 10.6. The molecule has 0 bridgehead atoms. The molecule has 1 aromatic heterocycles. The quantitative estimate of drug-likeness (QED) is 0.771. The van der Waals surface area contributed by atoms with Crippen molar-refractivity contribution in [2.24, 2.45) is 7.05 Å². The van der Waals surface area contributed by atoms with Crippen LogP contribution in [0.1, 0.15) is 11.1 Å². The lowest BCUT2D eigenvalue weighted by Gasteiger charge is -2.03. The third-order valence-corrected chi connectivity index (χ3v) is 2.58. The number of hydrogen-bond donors (Lipinski definition) is 1. The van der Waals surface area contributed by atoms with Crippen molar-refractivity contribution < 1.29 is 5.11 Å². The summed E-state index contributed by atoms with van der Waals surface area (Å²) in [6.45, 7) is 3.93. The van der Waals surface area contributed by atoms with E-state index in [0.717, 1.165) is 16.8 Å². The molecule has 78 valence electrons. The zero-order valence-electron chi connectivity index (χ0n) is 9.15. The van der Waals surface area contributed by atoms with Crippen LogP contribution in [0.5, 0.6) is 5.88 Å². The molecule has 3 heteroatoms. The molecule has 2 aromatic rings. The minimum Gasteiger partial charge on any atom is -0.492 e. The van der Waals surface area contributed by atoms with Gasteiger partial charge in [-0.2, -0.15) is 0 Å². The first-order valence-electron chi connectivity index (χ1n) is 4.89. The van der Waals surface area contributed by atoms with Crippen molar-refractivity contribution in [1.29, 1.82) is 0 Å². The van der Waals surface area contributed by atoms with Crippen molar-refractivity contribution in [2.75, 3.05) is 0 Å². The SMILES string of the molecule is Cc1ccc(-c2c(C)c(O)nn2C)cc1. The molecule has 0 saturated carbocycles. The Balaban J connectivity index is 2.58. The Bertz CT molecular complexity index is 483. The van der Waals surface area contributed by atoms with E-state index in [1.54, 1.807) is 4.68 Å². The molecule has 2 rings (SSSR count). The first kappa shape index (κ1) is 9.77. The van der Waals surface area contributed by atoms with E-state index in [2.05, 4.69) is 24.2 Å². The number of aromatic nitrogens is 2. The lowest BCUT2D eigenvalue weighted by molar-refractivity contribution is 0.441. The summed E-state index contributed by atoms with van der Waals surface area (Å²) < 4.78 is 1.70. The molecule has 15 heavy (non-hydrogen) atoms. The fourth-order valence-corrected chi connectivity index (χ4v) is 1.73. The van der Waals surface area contributed by atoms with E-state index < -0.39 is 0 Å². The van der Waals surface area contributed by atoms with Crippen LogP contribution >= 0.6 is 0 Å². The van der Waals surface area contributed by atoms with Crippen LogP contribution < -0.4 is 0 Å². The van der Waals surface area contributed by atoms with Crippen molar-refractivity contribution in [1.82, 2.24) is 9.78 Å². The number of rotatable bonds is 1. The summed E-state index contributed by atoms with van der Waals surface area (Å²) in [6, 6.07) is 8.19. The van der Waals surface area contributed by atoms with Gasteiger partial charge in [-0.05, 0) is 13.8 Å². The van der Waals surface area contributed by atoms with Gasteiger partial charge >= 0.3 is 0 Å². The molecule has 0 atom stereocenters. The minimum absolute atomic E-state index is 0.105. The van der Waals surface area contributed by atoms with Crippen molar-refractivity contribution in [3.05, 3.63) is 35.4 Å². The molecule has 0 unspecified atom stereocenters. The van der Waals surface area contributed by atoms with E-state index in [0.29, 0.717) is 0 Å². The average Bonchev–Trinajstić information content (AvgIpc) is 2.44. The van der Waals surface area contributed by atoms with Crippen LogP contribution in [0.25, 0.3) is 11.3 Å². The Labute approximate surface area is 89.0 Å². The van der Waals surface area contributed by atoms with Crippen molar-refractivity contribution in [3.63, 3.8) is 0 Å². The van der Waals surface area contributed by atoms with E-state index in [4.69, 9.17) is 0 Å². The van der Waals surface area contributed by atoms with E-state index in [-0.39, 0.29) is 5.88 Å². The Hall–Kier alpha value is -1.77. The highest BCUT2D eigenvalue weighted by molar-refractivity contribution is 5.65. The first-order chi connectivity index (χ1) is 7.09. The number of benzene rings is 1. The predicted molar refractivity (Wildman–Crippen MR) is 59.8 cm³/mol. The van der Waals surface area contributed by atoms with Gasteiger partial charge in [-0.25, -0.2) is 0 Å². The number of aryl methyl sites for hydroxylation is 2. The molecule has 1 aromatic carbocycles. The third-order valence-electron chi connectivity index (χ3n) is 2.58. The van der Waals surface area contributed by atoms with Crippen LogP contribution in [0.4, 0.5) is 0 Å². The smallest absolute Gasteiger partial charge is 0.233 e. The molecule has 0 saturated heterocycles. The van der Waals surface area contributed by atoms with Crippen LogP contribution in [-0.2, 0) is 7.05 Å². The van der Waals surface area contributed by atoms with Crippen molar-refractivity contribution in [3.8, 4) is 17.1 Å². The maximum absolute atomic E-state index is 9.50. The molecule has 3 nitrogen and oxygen atoms in total. The summed E-state index contributed by atoms with van der Waals surface area (Å²) >= 11 is 0. The van der Waals surface area contributed by atoms with Crippen LogP contribution in [0.3, 0.4) is 0 Å². The summed E-state index contributed by atoms with van der Waals surface area (Å²) in [5.41, 5.74) is 4.09. The van der Waals surface area contributed by atoms with E-state index in [1.807, 2.05) is 26.1 Å². The maximum atomic E-state index is 9.50. The van der Waals surface area contributed by atoms with Gasteiger partial charge in [-0.1, -0.05) is 29.8 Å². The zero-order valence-corrected chi connectivity index (χ0v) is 9.15. The molecular weight excluding hydrogens is 188 g/mol. The minimum atomic E-state index is 0.105. The second-order valence-electron chi connectivity index (χ2n) is 3.79. The highest BCUT2D eigenvalue weighted by atomic mass is 16.3. The van der Waals surface area contributed by atoms with Gasteiger partial charge in [0.05, 0.1) is 5.69 Å². The third kappa shape index (κ3) is 1.61. The molecule has 1 heterocycles. The van der Waals surface area contributed by atoms with Gasteiger partial charge in [0.15, 0.2) is 0 Å². The molecule has 0 radical (unpaired) electrons. The zero-order chi connectivity index (χ0) is 11.0. The fraction of sp³-hybridized carbons (Fsp3) is 0.250. The van der Waals surface area contributed by atoms with Gasteiger partial charge in [0.1, 0.15) is 0 Å². The summed E-state index contributed by atoms with van der Waals surface area (Å²) in [6.07, 6.45) is 0. The van der Waals surface area contributed by atoms with Crippen LogP contribution in [-0.4, -0.2) is 14.9 Å². The van der Waals surface area contributed by atoms with Gasteiger partial charge in [0.2, 0.25) is 5.88 Å². The molecule has 0 aliphatic heterocycles. The average molecular weight is 202 g/mol. The largest absolute Gasteiger partial charge is 0.492 e. The van der Waals surface area contributed by atoms with E-state index in [9.17, 15) is 5.11 Å². The second-order valence-corrected chi connectivity index (χ2v) is 3.79. The number of aromatic hydroxyl groups is 1. The summed E-state index contributed by atoms with van der Waals surface area (Å²) in [5, 5.41) is 13.5. The number of nitrogens with zero attached hydrogens (tertiary/aromatic N) is 2. The Morgan fingerprint density at radius 3 is 2.20 bits per heavy atom. The van der Waals surface area contributed by atoms with Crippen LogP contribution in [0, 0.1) is 13.8 Å². The molecule has 0 fully saturated rings.